The van der Waals surface area contributed by atoms with Gasteiger partial charge in [-0.15, -0.1) is 0 Å². The van der Waals surface area contributed by atoms with Gasteiger partial charge in [-0.25, -0.2) is 12.7 Å². The van der Waals surface area contributed by atoms with Crippen molar-refractivity contribution in [3.8, 4) is 0 Å². The zero-order valence-corrected chi connectivity index (χ0v) is 20.7. The lowest BCUT2D eigenvalue weighted by Gasteiger charge is -2.30. The van der Waals surface area contributed by atoms with Gasteiger partial charge in [0.25, 0.3) is 5.91 Å². The van der Waals surface area contributed by atoms with Crippen LogP contribution in [0.5, 0.6) is 0 Å². The van der Waals surface area contributed by atoms with Crippen molar-refractivity contribution in [2.45, 2.75) is 25.0 Å². The highest BCUT2D eigenvalue weighted by Crippen LogP contribution is 2.24. The summed E-state index contributed by atoms with van der Waals surface area (Å²) in [6.07, 6.45) is 1.52. The zero-order valence-electron chi connectivity index (χ0n) is 19.1. The molecule has 2 aromatic rings. The van der Waals surface area contributed by atoms with E-state index in [0.717, 1.165) is 0 Å². The van der Waals surface area contributed by atoms with Crippen LogP contribution in [0.3, 0.4) is 0 Å². The molecule has 3 rings (SSSR count). The van der Waals surface area contributed by atoms with Crippen LogP contribution in [-0.4, -0.2) is 57.9 Å². The lowest BCUT2D eigenvalue weighted by Crippen LogP contribution is -2.42. The predicted octanol–water partition coefficient (Wildman–Crippen LogP) is 3.29. The fourth-order valence-electron chi connectivity index (χ4n) is 3.82. The van der Waals surface area contributed by atoms with Crippen LogP contribution in [0.4, 0.5) is 5.69 Å². The Bertz CT molecular complexity index is 1080. The number of methoxy groups -OCH3 is 1. The van der Waals surface area contributed by atoms with Crippen molar-refractivity contribution in [1.29, 1.82) is 0 Å². The molecule has 0 aromatic heterocycles. The minimum absolute atomic E-state index is 0.103. The number of benzene rings is 2. The third-order valence-electron chi connectivity index (χ3n) is 5.72. The zero-order chi connectivity index (χ0) is 24.6. The molecular weight excluding hydrogens is 478 g/mol. The molecule has 0 aliphatic carbocycles. The fraction of sp³-hybridized carbons (Fsp3) is 0.417. The number of ether oxygens (including phenoxy) is 1. The molecule has 8 nitrogen and oxygen atoms in total. The molecule has 184 valence electrons. The molecule has 2 amide bonds. The summed E-state index contributed by atoms with van der Waals surface area (Å²) in [6.45, 7) is 1.57. The second-order valence-corrected chi connectivity index (χ2v) is 10.6. The number of halogens is 1. The first-order chi connectivity index (χ1) is 16.3. The van der Waals surface area contributed by atoms with Crippen LogP contribution in [-0.2, 0) is 25.3 Å². The van der Waals surface area contributed by atoms with Crippen molar-refractivity contribution in [2.24, 2.45) is 5.92 Å². The molecule has 0 unspecified atom stereocenters. The minimum Gasteiger partial charge on any atom is -0.385 e. The molecule has 0 bridgehead atoms. The predicted molar refractivity (Wildman–Crippen MR) is 132 cm³/mol. The molecular formula is C24H30ClN3O5S. The average molecular weight is 508 g/mol. The van der Waals surface area contributed by atoms with Crippen LogP contribution in [0.2, 0.25) is 5.02 Å². The van der Waals surface area contributed by atoms with E-state index in [1.54, 1.807) is 55.6 Å². The molecule has 1 heterocycles. The lowest BCUT2D eigenvalue weighted by atomic mass is 9.97. The van der Waals surface area contributed by atoms with Crippen LogP contribution in [0.15, 0.2) is 48.5 Å². The van der Waals surface area contributed by atoms with Gasteiger partial charge in [0.05, 0.1) is 17.0 Å². The maximum atomic E-state index is 12.9. The van der Waals surface area contributed by atoms with Crippen LogP contribution in [0.1, 0.15) is 35.2 Å². The number of piperidine rings is 1. The Balaban J connectivity index is 1.55. The summed E-state index contributed by atoms with van der Waals surface area (Å²) in [4.78, 5) is 25.4. The lowest BCUT2D eigenvalue weighted by molar-refractivity contribution is -0.120. The Labute approximate surface area is 205 Å². The first kappa shape index (κ1) is 26.2. The number of nitrogens with one attached hydrogen (secondary N) is 2. The number of para-hydroxylation sites is 1. The molecule has 1 fully saturated rings. The number of carbonyl (C=O) groups excluding carboxylic acids is 2. The maximum Gasteiger partial charge on any atom is 0.253 e. The summed E-state index contributed by atoms with van der Waals surface area (Å²) >= 11 is 5.87. The van der Waals surface area contributed by atoms with Gasteiger partial charge in [-0.05, 0) is 49.1 Å². The van der Waals surface area contributed by atoms with E-state index in [4.69, 9.17) is 16.3 Å². The van der Waals surface area contributed by atoms with Crippen molar-refractivity contribution in [3.63, 3.8) is 0 Å². The van der Waals surface area contributed by atoms with Crippen molar-refractivity contribution >= 4 is 39.1 Å². The summed E-state index contributed by atoms with van der Waals surface area (Å²) in [5.41, 5.74) is 1.49. The largest absolute Gasteiger partial charge is 0.385 e. The second kappa shape index (κ2) is 12.3. The van der Waals surface area contributed by atoms with E-state index in [-0.39, 0.29) is 36.6 Å². The maximum absolute atomic E-state index is 12.9. The first-order valence-corrected chi connectivity index (χ1v) is 13.2. The van der Waals surface area contributed by atoms with Crippen LogP contribution >= 0.6 is 11.6 Å². The third kappa shape index (κ3) is 7.27. The number of hydrogen-bond acceptors (Lipinski definition) is 5. The Morgan fingerprint density at radius 2 is 1.76 bits per heavy atom. The van der Waals surface area contributed by atoms with E-state index in [9.17, 15) is 18.0 Å². The van der Waals surface area contributed by atoms with Gasteiger partial charge in [-0.1, -0.05) is 35.9 Å². The summed E-state index contributed by atoms with van der Waals surface area (Å²) in [5.74, 6) is -0.919. The number of anilines is 1. The third-order valence-corrected chi connectivity index (χ3v) is 7.82. The van der Waals surface area contributed by atoms with Crippen molar-refractivity contribution in [1.82, 2.24) is 9.62 Å². The Kier molecular flexibility index (Phi) is 9.46. The van der Waals surface area contributed by atoms with Gasteiger partial charge in [0.15, 0.2) is 0 Å². The smallest absolute Gasteiger partial charge is 0.253 e. The molecule has 0 atom stereocenters. The minimum atomic E-state index is -3.49. The van der Waals surface area contributed by atoms with Crippen molar-refractivity contribution in [3.05, 3.63) is 64.7 Å². The van der Waals surface area contributed by atoms with E-state index in [1.165, 1.54) is 4.31 Å². The van der Waals surface area contributed by atoms with Crippen LogP contribution in [0, 0.1) is 5.92 Å². The first-order valence-electron chi connectivity index (χ1n) is 11.2. The topological polar surface area (TPSA) is 105 Å². The number of sulfonamides is 1. The number of amides is 2. The van der Waals surface area contributed by atoms with E-state index in [1.807, 2.05) is 0 Å². The summed E-state index contributed by atoms with van der Waals surface area (Å²) < 4.78 is 32.0. The van der Waals surface area contributed by atoms with Gasteiger partial charge >= 0.3 is 0 Å². The number of nitrogens with zero attached hydrogens (tertiary/aromatic N) is 1. The summed E-state index contributed by atoms with van der Waals surface area (Å²) in [7, 11) is -1.89. The molecule has 1 saturated heterocycles. The van der Waals surface area contributed by atoms with Gasteiger partial charge in [0.2, 0.25) is 15.9 Å². The number of hydrogen-bond donors (Lipinski definition) is 2. The van der Waals surface area contributed by atoms with Crippen molar-refractivity contribution in [2.75, 3.05) is 38.7 Å². The standard InChI is InChI=1S/C24H30ClN3O5S/c1-33-16-4-13-26-24(30)21-5-2-3-6-22(21)27-23(29)19-11-14-28(15-12-19)34(31,32)17-18-7-9-20(25)10-8-18/h2-3,5-10,19H,4,11-17H2,1H3,(H,26,30)(H,27,29). The van der Waals surface area contributed by atoms with Crippen molar-refractivity contribution < 1.29 is 22.7 Å². The molecule has 0 radical (unpaired) electrons. The van der Waals surface area contributed by atoms with E-state index in [0.29, 0.717) is 54.3 Å². The monoisotopic (exact) mass is 507 g/mol. The molecule has 1 aliphatic rings. The van der Waals surface area contributed by atoms with Gasteiger partial charge in [0.1, 0.15) is 0 Å². The number of rotatable bonds is 10. The van der Waals surface area contributed by atoms with Crippen LogP contribution in [0.25, 0.3) is 0 Å². The summed E-state index contributed by atoms with van der Waals surface area (Å²) in [5, 5.41) is 6.23. The molecule has 34 heavy (non-hydrogen) atoms. The molecule has 0 saturated carbocycles. The number of carbonyl (C=O) groups is 2. The Morgan fingerprint density at radius 3 is 2.44 bits per heavy atom. The molecule has 0 spiro atoms. The second-order valence-electron chi connectivity index (χ2n) is 8.19. The Morgan fingerprint density at radius 1 is 1.09 bits per heavy atom. The van der Waals surface area contributed by atoms with E-state index < -0.39 is 10.0 Å². The van der Waals surface area contributed by atoms with E-state index >= 15 is 0 Å². The Hall–Kier alpha value is -2.46. The van der Waals surface area contributed by atoms with Gasteiger partial charge in [0, 0.05) is 44.3 Å². The van der Waals surface area contributed by atoms with Gasteiger partial charge < -0.3 is 15.4 Å². The van der Waals surface area contributed by atoms with E-state index in [2.05, 4.69) is 10.6 Å². The molecule has 10 heteroatoms. The molecule has 2 N–H and O–H groups in total. The normalized spacial score (nSPS) is 15.1. The fourth-order valence-corrected chi connectivity index (χ4v) is 5.51. The molecule has 1 aliphatic heterocycles. The van der Waals surface area contributed by atoms with Gasteiger partial charge in [-0.3, -0.25) is 9.59 Å². The highest BCUT2D eigenvalue weighted by Gasteiger charge is 2.31. The summed E-state index contributed by atoms with van der Waals surface area (Å²) in [6, 6.07) is 13.6. The quantitative estimate of drug-likeness (QED) is 0.480. The molecule has 2 aromatic carbocycles. The SMILES string of the molecule is COCCCNC(=O)c1ccccc1NC(=O)C1CCN(S(=O)(=O)Cc2ccc(Cl)cc2)CC1. The van der Waals surface area contributed by atoms with Crippen LogP contribution < -0.4 is 10.6 Å². The average Bonchev–Trinajstić information content (AvgIpc) is 2.83. The van der Waals surface area contributed by atoms with Gasteiger partial charge in [-0.2, -0.15) is 0 Å². The highest BCUT2D eigenvalue weighted by molar-refractivity contribution is 7.88. The highest BCUT2D eigenvalue weighted by atomic mass is 35.5.